The number of hydrogen-bond donors (Lipinski definition) is 0. The fourth-order valence-electron chi connectivity index (χ4n) is 9.24. The van der Waals surface area contributed by atoms with Gasteiger partial charge in [-0.25, -0.2) is 0 Å². The van der Waals surface area contributed by atoms with E-state index in [9.17, 15) is 0 Å². The van der Waals surface area contributed by atoms with E-state index in [4.69, 9.17) is 72.2 Å². The quantitative estimate of drug-likeness (QED) is 0.0335. The van der Waals surface area contributed by atoms with Crippen LogP contribution in [-0.4, -0.2) is 212 Å². The zero-order chi connectivity index (χ0) is 64.9. The average Bonchev–Trinajstić information content (AvgIpc) is 3.17. The van der Waals surface area contributed by atoms with Crippen LogP contribution in [0.2, 0.25) is 236 Å². The van der Waals surface area contributed by atoms with Crippen molar-refractivity contribution < 1.29 is 72.2 Å². The van der Waals surface area contributed by atoms with Gasteiger partial charge in [-0.2, -0.15) is 0 Å². The topological polar surface area (TPSA) is 160 Å². The van der Waals surface area contributed by atoms with Gasteiger partial charge in [-0.3, -0.25) is 0 Å². The van der Waals surface area contributed by atoms with E-state index in [-0.39, 0.29) is 13.2 Å². The maximum Gasteiger partial charge on any atom is 0.278 e. The molecule has 0 aromatic carbocycles. The molecule has 0 aliphatic carbocycles. The summed E-state index contributed by atoms with van der Waals surface area (Å²) < 4.78 is 115. The summed E-state index contributed by atoms with van der Waals surface area (Å²) in [6, 6.07) is 0. The zero-order valence-electron chi connectivity index (χ0n) is 59.8. The molecule has 0 radical (unpaired) electrons. The van der Waals surface area contributed by atoms with Crippen LogP contribution >= 0.6 is 0 Å². The third-order valence-corrected chi connectivity index (χ3v) is 22.7. The Balaban J connectivity index is 3.11. The van der Waals surface area contributed by atoms with Gasteiger partial charge in [0.15, 0.2) is 104 Å². The van der Waals surface area contributed by atoms with E-state index in [1.165, 1.54) is 0 Å². The molecule has 0 spiro atoms. The Morgan fingerprint density at radius 1 is 0.325 bits per heavy atom. The second-order valence-corrected chi connectivity index (χ2v) is 88.2. The molecule has 2 rings (SSSR count). The van der Waals surface area contributed by atoms with E-state index in [2.05, 4.69) is 241 Å². The van der Waals surface area contributed by atoms with E-state index < -0.39 is 186 Å². The Hall–Kier alpha value is 1.47. The molecule has 2 aliphatic rings. The Morgan fingerprint density at radius 2 is 0.651 bits per heavy atom. The highest BCUT2D eigenvalue weighted by Crippen LogP contribution is 2.39. The van der Waals surface area contributed by atoms with Crippen molar-refractivity contribution in [1.29, 1.82) is 0 Å². The molecule has 0 N–H and O–H groups in total. The number of ether oxygens (including phenoxy) is 4. The molecule has 29 heteroatoms. The molecule has 17 nitrogen and oxygen atoms in total. The van der Waals surface area contributed by atoms with Crippen molar-refractivity contribution in [2.45, 2.75) is 322 Å². The average molecular weight is 1390 g/mol. The molecule has 494 valence electrons. The lowest BCUT2D eigenvalue weighted by molar-refractivity contribution is -0.324. The van der Waals surface area contributed by atoms with Crippen LogP contribution in [-0.2, 0) is 72.2 Å². The van der Waals surface area contributed by atoms with Crippen molar-refractivity contribution in [1.82, 2.24) is 0 Å². The lowest BCUT2D eigenvalue weighted by atomic mass is 9.98. The monoisotopic (exact) mass is 1380 g/mol. The van der Waals surface area contributed by atoms with E-state index in [1.54, 1.807) is 6.21 Å². The first kappa shape index (κ1) is 80.6. The predicted molar refractivity (Wildman–Crippen MR) is 374 cm³/mol. The fourth-order valence-corrected chi connectivity index (χ4v) is 21.1. The van der Waals surface area contributed by atoms with Crippen molar-refractivity contribution in [3.8, 4) is 0 Å². The standard InChI is InChI=1S/C54H129NO16Si12/c1-72(2,3)58-40-43-47(65-77(16,17)18)50(68-80(25,26)27)52(70-82(31,32)33)53(60-43)56-38-42-46(64-76(13,14)15)49(67-79(22,23)24)51(69-81(28,29)30)54(59-42)57-39-44(62-74(7,8)9)48(66-78(19,20)21)45(63-75(10,11)12)41(61-73(4,5)6)37-55-71-83(34,35)36/h37,41-54H,38-40H2,1-36H3/b55-37+/t41-,42+,43+,44+,45+,46+,47+,48-,49-,50-,51+,52+,53-,54+/m1/s1. The summed E-state index contributed by atoms with van der Waals surface area (Å²) in [6.45, 7) is 79.4. The molecular formula is C54H129NO16Si12. The minimum Gasteiger partial charge on any atom is -0.456 e. The molecule has 83 heavy (non-hydrogen) atoms. The van der Waals surface area contributed by atoms with Gasteiger partial charge in [0.2, 0.25) is 0 Å². The summed E-state index contributed by atoms with van der Waals surface area (Å²) in [5.74, 6) is 0. The van der Waals surface area contributed by atoms with Crippen molar-refractivity contribution in [2.24, 2.45) is 5.16 Å². The number of hydrogen-bond acceptors (Lipinski definition) is 17. The summed E-state index contributed by atoms with van der Waals surface area (Å²) in [5, 5.41) is 4.63. The summed E-state index contributed by atoms with van der Waals surface area (Å²) >= 11 is 0. The molecule has 14 atom stereocenters. The molecule has 0 amide bonds. The van der Waals surface area contributed by atoms with Gasteiger partial charge >= 0.3 is 0 Å². The van der Waals surface area contributed by atoms with Gasteiger partial charge in [0.25, 0.3) is 8.32 Å². The molecule has 2 fully saturated rings. The van der Waals surface area contributed by atoms with E-state index in [0.717, 1.165) is 0 Å². The third-order valence-electron chi connectivity index (χ3n) is 11.2. The maximum absolute atomic E-state index is 7.47. The molecule has 0 unspecified atom stereocenters. The molecule has 2 heterocycles. The number of nitrogens with zero attached hydrogens (tertiary/aromatic N) is 1. The second kappa shape index (κ2) is 30.5. The van der Waals surface area contributed by atoms with Gasteiger partial charge in [-0.1, -0.05) is 0 Å². The minimum absolute atomic E-state index is 0.0497. The van der Waals surface area contributed by atoms with Crippen LogP contribution in [0.15, 0.2) is 5.16 Å². The second-order valence-electron chi connectivity index (χ2n) is 34.7. The first-order valence-corrected chi connectivity index (χ1v) is 71.7. The van der Waals surface area contributed by atoms with Crippen LogP contribution in [0.1, 0.15) is 0 Å². The lowest BCUT2D eigenvalue weighted by Crippen LogP contribution is -2.68. The Kier molecular flexibility index (Phi) is 29.6. The van der Waals surface area contributed by atoms with Crippen LogP contribution in [0.5, 0.6) is 0 Å². The predicted octanol–water partition coefficient (Wildman–Crippen LogP) is 14.4. The Labute approximate surface area is 521 Å². The molecule has 0 saturated carbocycles. The van der Waals surface area contributed by atoms with Gasteiger partial charge in [-0.15, -0.1) is 5.16 Å². The zero-order valence-corrected chi connectivity index (χ0v) is 71.8. The Bertz CT molecular complexity index is 1960. The van der Waals surface area contributed by atoms with Gasteiger partial charge in [0.05, 0.1) is 38.2 Å². The van der Waals surface area contributed by atoms with Gasteiger partial charge in [-0.05, 0) is 236 Å². The smallest absolute Gasteiger partial charge is 0.278 e. The molecule has 2 aliphatic heterocycles. The molecular weight excluding hydrogens is 1260 g/mol. The molecule has 0 aromatic rings. The van der Waals surface area contributed by atoms with Gasteiger partial charge < -0.3 is 72.2 Å². The summed E-state index contributed by atoms with van der Waals surface area (Å²) in [5.41, 5.74) is 0. The normalized spacial score (nSPS) is 27.2. The van der Waals surface area contributed by atoms with Crippen molar-refractivity contribution in [3.05, 3.63) is 0 Å². The highest BCUT2D eigenvalue weighted by atomic mass is 28.4. The number of oxime groups is 1. The summed E-state index contributed by atoms with van der Waals surface area (Å²) in [7, 11) is -27.3. The van der Waals surface area contributed by atoms with Crippen LogP contribution in [0.3, 0.4) is 0 Å². The molecule has 2 saturated heterocycles. The van der Waals surface area contributed by atoms with E-state index in [0.29, 0.717) is 6.61 Å². The third kappa shape index (κ3) is 34.6. The molecule has 0 aromatic heterocycles. The SMILES string of the molecule is C[Si](C)(C)OC[C@@H]1O[C@@H](OC[C@@H]2O[C@H](OC[C@H](O[Si](C)(C)C)[C@@H](O[Si](C)(C)C)[C@@H](O[Si](C)(C)C)[C@@H](/C=N/O[Si](C)(C)C)O[Si](C)(C)C)[C@@H](O[Si](C)(C)C)[C@H](O[Si](C)(C)C)[C@H]2O[Si](C)(C)C)[C@@H](O[Si](C)(C)C)[C@H](O[Si](C)(C)C)[C@H]1O[Si](C)(C)C. The summed E-state index contributed by atoms with van der Waals surface area (Å²) in [6.07, 6.45) is -7.31. The van der Waals surface area contributed by atoms with Crippen LogP contribution in [0.25, 0.3) is 0 Å². The Morgan fingerprint density at radius 3 is 0.988 bits per heavy atom. The highest BCUT2D eigenvalue weighted by molar-refractivity contribution is 6.73. The first-order valence-electron chi connectivity index (χ1n) is 30.8. The number of rotatable bonds is 35. The highest BCUT2D eigenvalue weighted by Gasteiger charge is 2.56. The van der Waals surface area contributed by atoms with Gasteiger partial charge in [0.1, 0.15) is 61.0 Å². The van der Waals surface area contributed by atoms with E-state index in [1.807, 2.05) is 0 Å². The van der Waals surface area contributed by atoms with Gasteiger partial charge in [0, 0.05) is 0 Å². The van der Waals surface area contributed by atoms with Crippen molar-refractivity contribution in [3.63, 3.8) is 0 Å². The minimum atomic E-state index is -2.39. The van der Waals surface area contributed by atoms with Crippen molar-refractivity contribution in [2.75, 3.05) is 19.8 Å². The van der Waals surface area contributed by atoms with Crippen LogP contribution in [0, 0.1) is 0 Å². The molecule has 0 bridgehead atoms. The fraction of sp³-hybridized carbons (Fsp3) is 0.981. The first-order chi connectivity index (χ1) is 36.6. The van der Waals surface area contributed by atoms with Crippen LogP contribution in [0.4, 0.5) is 0 Å². The summed E-state index contributed by atoms with van der Waals surface area (Å²) in [4.78, 5) is 0. The largest absolute Gasteiger partial charge is 0.456 e. The van der Waals surface area contributed by atoms with Crippen LogP contribution < -0.4 is 0 Å². The van der Waals surface area contributed by atoms with E-state index >= 15 is 0 Å². The maximum atomic E-state index is 7.47. The lowest BCUT2D eigenvalue weighted by Gasteiger charge is -2.52. The van der Waals surface area contributed by atoms with Crippen molar-refractivity contribution >= 4 is 106 Å².